The monoisotopic (exact) mass is 329 g/mol. The molecule has 0 aliphatic carbocycles. The molecular formula is C18H23N3O3. The maximum atomic E-state index is 10.8. The van der Waals surface area contributed by atoms with Gasteiger partial charge in [0.15, 0.2) is 0 Å². The standard InChI is InChI=1S/C18H23N3O3/c1-20(13-18(22)23)11-16-12-21(8-9-24-16)10-15-7-6-14-4-2-3-5-17(14)19-15/h2-7,16H,8-13H2,1H3,(H,22,23). The molecule has 0 saturated carbocycles. The van der Waals surface area contributed by atoms with Crippen molar-refractivity contribution in [1.82, 2.24) is 14.8 Å². The molecule has 1 aliphatic rings. The van der Waals surface area contributed by atoms with Crippen LogP contribution in [0.25, 0.3) is 10.9 Å². The number of carboxylic acid groups (broad SMARTS) is 1. The van der Waals surface area contributed by atoms with Crippen molar-refractivity contribution in [3.63, 3.8) is 0 Å². The lowest BCUT2D eigenvalue weighted by Gasteiger charge is -2.34. The van der Waals surface area contributed by atoms with Crippen molar-refractivity contribution in [3.8, 4) is 0 Å². The topological polar surface area (TPSA) is 65.9 Å². The van der Waals surface area contributed by atoms with Crippen molar-refractivity contribution in [3.05, 3.63) is 42.1 Å². The van der Waals surface area contributed by atoms with E-state index in [1.807, 2.05) is 18.2 Å². The van der Waals surface area contributed by atoms with Gasteiger partial charge in [-0.25, -0.2) is 0 Å². The maximum absolute atomic E-state index is 10.8. The number of hydrogen-bond donors (Lipinski definition) is 1. The predicted octanol–water partition coefficient (Wildman–Crippen LogP) is 1.45. The molecule has 3 rings (SSSR count). The molecule has 0 spiro atoms. The highest BCUT2D eigenvalue weighted by Crippen LogP contribution is 2.15. The fraction of sp³-hybridized carbons (Fsp3) is 0.444. The molecule has 1 N–H and O–H groups in total. The number of nitrogens with zero attached hydrogens (tertiary/aromatic N) is 3. The number of benzene rings is 1. The summed E-state index contributed by atoms with van der Waals surface area (Å²) in [5.74, 6) is -0.814. The molecule has 0 amide bonds. The van der Waals surface area contributed by atoms with E-state index < -0.39 is 5.97 Å². The highest BCUT2D eigenvalue weighted by molar-refractivity contribution is 5.78. The summed E-state index contributed by atoms with van der Waals surface area (Å²) >= 11 is 0. The van der Waals surface area contributed by atoms with E-state index in [0.29, 0.717) is 13.2 Å². The number of ether oxygens (including phenoxy) is 1. The van der Waals surface area contributed by atoms with Gasteiger partial charge in [0.25, 0.3) is 0 Å². The van der Waals surface area contributed by atoms with Crippen LogP contribution in [0.5, 0.6) is 0 Å². The van der Waals surface area contributed by atoms with E-state index in [9.17, 15) is 4.79 Å². The molecule has 2 heterocycles. The average Bonchev–Trinajstić information content (AvgIpc) is 2.54. The van der Waals surface area contributed by atoms with E-state index >= 15 is 0 Å². The second-order valence-corrected chi connectivity index (χ2v) is 6.31. The maximum Gasteiger partial charge on any atom is 0.317 e. The number of carbonyl (C=O) groups is 1. The number of aromatic nitrogens is 1. The Kier molecular flexibility index (Phi) is 5.40. The van der Waals surface area contributed by atoms with Crippen molar-refractivity contribution < 1.29 is 14.6 Å². The Morgan fingerprint density at radius 2 is 2.21 bits per heavy atom. The number of hydrogen-bond acceptors (Lipinski definition) is 5. The number of rotatable bonds is 6. The molecule has 1 aliphatic heterocycles. The lowest BCUT2D eigenvalue weighted by molar-refractivity contribution is -0.138. The van der Waals surface area contributed by atoms with Crippen LogP contribution >= 0.6 is 0 Å². The van der Waals surface area contributed by atoms with Gasteiger partial charge in [0.1, 0.15) is 0 Å². The van der Waals surface area contributed by atoms with Gasteiger partial charge >= 0.3 is 5.97 Å². The summed E-state index contributed by atoms with van der Waals surface area (Å²) < 4.78 is 5.77. The largest absolute Gasteiger partial charge is 0.480 e. The molecule has 6 nitrogen and oxygen atoms in total. The third-order valence-electron chi connectivity index (χ3n) is 4.19. The van der Waals surface area contributed by atoms with Gasteiger partial charge in [-0.2, -0.15) is 0 Å². The second kappa shape index (κ2) is 7.70. The van der Waals surface area contributed by atoms with E-state index in [1.54, 1.807) is 11.9 Å². The number of fused-ring (bicyclic) bond motifs is 1. The van der Waals surface area contributed by atoms with Crippen LogP contribution in [-0.4, -0.2) is 71.8 Å². The number of aliphatic carboxylic acids is 1. The van der Waals surface area contributed by atoms with Crippen LogP contribution in [0.4, 0.5) is 0 Å². The summed E-state index contributed by atoms with van der Waals surface area (Å²) in [5.41, 5.74) is 2.06. The van der Waals surface area contributed by atoms with Crippen LogP contribution in [0.1, 0.15) is 5.69 Å². The normalized spacial score (nSPS) is 19.0. The fourth-order valence-corrected chi connectivity index (χ4v) is 3.10. The SMILES string of the molecule is CN(CC(=O)O)CC1CN(Cc2ccc3ccccc3n2)CCO1. The Morgan fingerprint density at radius 1 is 1.38 bits per heavy atom. The Bertz CT molecular complexity index is 707. The van der Waals surface area contributed by atoms with Crippen LogP contribution < -0.4 is 0 Å². The second-order valence-electron chi connectivity index (χ2n) is 6.31. The van der Waals surface area contributed by atoms with Gasteiger partial charge in [0, 0.05) is 31.6 Å². The van der Waals surface area contributed by atoms with Gasteiger partial charge in [-0.05, 0) is 19.2 Å². The Labute approximate surface area is 141 Å². The summed E-state index contributed by atoms with van der Waals surface area (Å²) in [5, 5.41) is 10.00. The predicted molar refractivity (Wildman–Crippen MR) is 91.9 cm³/mol. The van der Waals surface area contributed by atoms with Crippen LogP contribution in [0.2, 0.25) is 0 Å². The van der Waals surface area contributed by atoms with Crippen molar-refractivity contribution in [1.29, 1.82) is 0 Å². The molecule has 2 aromatic rings. The van der Waals surface area contributed by atoms with Gasteiger partial charge in [-0.3, -0.25) is 19.6 Å². The zero-order chi connectivity index (χ0) is 16.9. The zero-order valence-corrected chi connectivity index (χ0v) is 13.9. The minimum absolute atomic E-state index is 0.0311. The third kappa shape index (κ3) is 4.50. The molecule has 6 heteroatoms. The van der Waals surface area contributed by atoms with E-state index in [-0.39, 0.29) is 12.6 Å². The van der Waals surface area contributed by atoms with Gasteiger partial charge in [0.05, 0.1) is 30.5 Å². The number of likely N-dealkylation sites (N-methyl/N-ethyl adjacent to an activating group) is 1. The van der Waals surface area contributed by atoms with E-state index in [1.165, 1.54) is 0 Å². The summed E-state index contributed by atoms with van der Waals surface area (Å²) in [6, 6.07) is 12.3. The minimum Gasteiger partial charge on any atom is -0.480 e. The molecule has 0 bridgehead atoms. The summed E-state index contributed by atoms with van der Waals surface area (Å²) in [6.07, 6.45) is 0.0311. The van der Waals surface area contributed by atoms with Crippen molar-refractivity contribution in [2.45, 2.75) is 12.6 Å². The van der Waals surface area contributed by atoms with Crippen molar-refractivity contribution in [2.75, 3.05) is 39.8 Å². The summed E-state index contributed by atoms with van der Waals surface area (Å²) in [4.78, 5) is 19.6. The molecule has 1 aromatic carbocycles. The first-order chi connectivity index (χ1) is 11.6. The van der Waals surface area contributed by atoms with Gasteiger partial charge in [0.2, 0.25) is 0 Å². The Balaban J connectivity index is 1.59. The number of morpholine rings is 1. The lowest BCUT2D eigenvalue weighted by Crippen LogP contribution is -2.47. The van der Waals surface area contributed by atoms with Crippen LogP contribution in [0, 0.1) is 0 Å². The highest BCUT2D eigenvalue weighted by Gasteiger charge is 2.22. The highest BCUT2D eigenvalue weighted by atomic mass is 16.5. The number of pyridine rings is 1. The van der Waals surface area contributed by atoms with E-state index in [0.717, 1.165) is 36.2 Å². The van der Waals surface area contributed by atoms with Crippen molar-refractivity contribution >= 4 is 16.9 Å². The fourth-order valence-electron chi connectivity index (χ4n) is 3.10. The molecule has 24 heavy (non-hydrogen) atoms. The van der Waals surface area contributed by atoms with E-state index in [4.69, 9.17) is 14.8 Å². The van der Waals surface area contributed by atoms with Gasteiger partial charge < -0.3 is 9.84 Å². The third-order valence-corrected chi connectivity index (χ3v) is 4.19. The van der Waals surface area contributed by atoms with Crippen LogP contribution in [0.3, 0.4) is 0 Å². The molecule has 1 aromatic heterocycles. The lowest BCUT2D eigenvalue weighted by atomic mass is 10.2. The quantitative estimate of drug-likeness (QED) is 0.865. The number of para-hydroxylation sites is 1. The first-order valence-corrected chi connectivity index (χ1v) is 8.19. The minimum atomic E-state index is -0.814. The van der Waals surface area contributed by atoms with Crippen LogP contribution in [-0.2, 0) is 16.1 Å². The average molecular weight is 329 g/mol. The molecule has 1 unspecified atom stereocenters. The van der Waals surface area contributed by atoms with E-state index in [2.05, 4.69) is 23.1 Å². The number of carboxylic acids is 1. The summed E-state index contributed by atoms with van der Waals surface area (Å²) in [7, 11) is 1.81. The first kappa shape index (κ1) is 16.8. The Hall–Kier alpha value is -2.02. The van der Waals surface area contributed by atoms with Gasteiger partial charge in [-0.15, -0.1) is 0 Å². The molecule has 0 radical (unpaired) electrons. The molecule has 1 saturated heterocycles. The van der Waals surface area contributed by atoms with Crippen molar-refractivity contribution in [2.24, 2.45) is 0 Å². The molecular weight excluding hydrogens is 306 g/mol. The molecule has 1 atom stereocenters. The smallest absolute Gasteiger partial charge is 0.317 e. The Morgan fingerprint density at radius 3 is 3.04 bits per heavy atom. The summed E-state index contributed by atoms with van der Waals surface area (Å²) in [6.45, 7) is 3.76. The molecule has 128 valence electrons. The zero-order valence-electron chi connectivity index (χ0n) is 13.9. The van der Waals surface area contributed by atoms with Gasteiger partial charge in [-0.1, -0.05) is 24.3 Å². The van der Waals surface area contributed by atoms with Crippen LogP contribution in [0.15, 0.2) is 36.4 Å². The first-order valence-electron chi connectivity index (χ1n) is 8.19. The molecule has 1 fully saturated rings.